The van der Waals surface area contributed by atoms with Crippen molar-refractivity contribution in [3.8, 4) is 0 Å². The van der Waals surface area contributed by atoms with Crippen molar-refractivity contribution in [1.82, 2.24) is 9.97 Å². The lowest BCUT2D eigenvalue weighted by Gasteiger charge is -2.19. The van der Waals surface area contributed by atoms with Gasteiger partial charge in [0.2, 0.25) is 0 Å². The number of nitrogens with zero attached hydrogens (tertiary/aromatic N) is 3. The Morgan fingerprint density at radius 2 is 1.86 bits per heavy atom. The largest absolute Gasteiger partial charge is 0.422 e. The molecule has 6 nitrogen and oxygen atoms in total. The standard InChI is InChI=1S/C27H15F2N3O3S/c28-17-10-21(29)24-23(11-17)36-27(31-24)32(14-15-4-3-9-30-13-15)25(33)20-12-19-18-6-2-1-5-16(18)7-8-22(19)35-26(20)34/h1-13H,14H2. The van der Waals surface area contributed by atoms with Gasteiger partial charge in [-0.1, -0.05) is 47.7 Å². The van der Waals surface area contributed by atoms with Crippen LogP contribution >= 0.6 is 11.3 Å². The molecule has 3 heterocycles. The van der Waals surface area contributed by atoms with Crippen LogP contribution in [-0.4, -0.2) is 15.9 Å². The quantitative estimate of drug-likeness (QED) is 0.217. The predicted octanol–water partition coefficient (Wildman–Crippen LogP) is 6.08. The van der Waals surface area contributed by atoms with E-state index < -0.39 is 23.2 Å². The molecule has 3 aromatic heterocycles. The van der Waals surface area contributed by atoms with Gasteiger partial charge in [-0.2, -0.15) is 0 Å². The Morgan fingerprint density at radius 3 is 2.69 bits per heavy atom. The first kappa shape index (κ1) is 22.0. The highest BCUT2D eigenvalue weighted by atomic mass is 32.1. The summed E-state index contributed by atoms with van der Waals surface area (Å²) in [6.45, 7) is 0.00358. The summed E-state index contributed by atoms with van der Waals surface area (Å²) in [5.74, 6) is -2.26. The van der Waals surface area contributed by atoms with Gasteiger partial charge in [-0.25, -0.2) is 18.6 Å². The Hall–Kier alpha value is -4.50. The van der Waals surface area contributed by atoms with Gasteiger partial charge in [0.05, 0.1) is 11.2 Å². The molecule has 0 saturated heterocycles. The second-order valence-corrected chi connectivity index (χ2v) is 9.14. The summed E-state index contributed by atoms with van der Waals surface area (Å²) < 4.78 is 33.9. The molecule has 0 N–H and O–H groups in total. The number of aromatic nitrogens is 2. The van der Waals surface area contributed by atoms with E-state index in [1.54, 1.807) is 30.6 Å². The number of carbonyl (C=O) groups is 1. The minimum atomic E-state index is -0.835. The van der Waals surface area contributed by atoms with Crippen molar-refractivity contribution in [2.24, 2.45) is 0 Å². The molecule has 3 aromatic carbocycles. The SMILES string of the molecule is O=C(c1cc2c(ccc3ccccc32)oc1=O)N(Cc1cccnc1)c1nc2c(F)cc(F)cc2s1. The van der Waals surface area contributed by atoms with Crippen LogP contribution in [0.1, 0.15) is 15.9 Å². The lowest BCUT2D eigenvalue weighted by molar-refractivity contribution is 0.0981. The summed E-state index contributed by atoms with van der Waals surface area (Å²) >= 11 is 0.949. The fraction of sp³-hybridized carbons (Fsp3) is 0.0370. The molecule has 0 spiro atoms. The lowest BCUT2D eigenvalue weighted by atomic mass is 10.0. The van der Waals surface area contributed by atoms with Gasteiger partial charge in [0.15, 0.2) is 10.9 Å². The summed E-state index contributed by atoms with van der Waals surface area (Å²) in [6, 6.07) is 18.0. The third-order valence-electron chi connectivity index (χ3n) is 5.81. The van der Waals surface area contributed by atoms with Crippen LogP contribution in [0.2, 0.25) is 0 Å². The number of hydrogen-bond donors (Lipinski definition) is 0. The van der Waals surface area contributed by atoms with Gasteiger partial charge in [-0.3, -0.25) is 14.7 Å². The van der Waals surface area contributed by atoms with Crippen LogP contribution in [0, 0.1) is 11.6 Å². The normalized spacial score (nSPS) is 11.4. The van der Waals surface area contributed by atoms with E-state index in [4.69, 9.17) is 4.42 Å². The Morgan fingerprint density at radius 1 is 1.00 bits per heavy atom. The van der Waals surface area contributed by atoms with Crippen molar-refractivity contribution >= 4 is 54.3 Å². The average molecular weight is 499 g/mol. The fourth-order valence-corrected chi connectivity index (χ4v) is 5.13. The molecular weight excluding hydrogens is 484 g/mol. The van der Waals surface area contributed by atoms with Gasteiger partial charge in [0.1, 0.15) is 22.5 Å². The molecule has 0 bridgehead atoms. The molecule has 0 unspecified atom stereocenters. The first-order valence-electron chi connectivity index (χ1n) is 10.9. The van der Waals surface area contributed by atoms with Gasteiger partial charge in [-0.15, -0.1) is 0 Å². The van der Waals surface area contributed by atoms with Gasteiger partial charge >= 0.3 is 5.63 Å². The zero-order valence-electron chi connectivity index (χ0n) is 18.4. The summed E-state index contributed by atoms with van der Waals surface area (Å²) in [7, 11) is 0. The minimum absolute atomic E-state index is 0.00358. The topological polar surface area (TPSA) is 76.3 Å². The van der Waals surface area contributed by atoms with Crippen molar-refractivity contribution in [2.75, 3.05) is 4.90 Å². The number of carbonyl (C=O) groups excluding carboxylic acids is 1. The van der Waals surface area contributed by atoms with Gasteiger partial charge < -0.3 is 4.42 Å². The van der Waals surface area contributed by atoms with Crippen LogP contribution < -0.4 is 10.5 Å². The molecule has 176 valence electrons. The maximum Gasteiger partial charge on any atom is 0.349 e. The molecule has 0 fully saturated rings. The minimum Gasteiger partial charge on any atom is -0.422 e. The van der Waals surface area contributed by atoms with Crippen LogP contribution in [0.3, 0.4) is 0 Å². The second kappa shape index (κ2) is 8.62. The van der Waals surface area contributed by atoms with Gasteiger partial charge in [0.25, 0.3) is 5.91 Å². The van der Waals surface area contributed by atoms with E-state index in [-0.39, 0.29) is 27.5 Å². The highest BCUT2D eigenvalue weighted by molar-refractivity contribution is 7.22. The predicted molar refractivity (Wildman–Crippen MR) is 134 cm³/mol. The van der Waals surface area contributed by atoms with Crippen LogP contribution in [-0.2, 0) is 6.54 Å². The van der Waals surface area contributed by atoms with Crippen molar-refractivity contribution in [3.63, 3.8) is 0 Å². The van der Waals surface area contributed by atoms with Crippen molar-refractivity contribution in [2.45, 2.75) is 6.54 Å². The average Bonchev–Trinajstić information content (AvgIpc) is 3.31. The monoisotopic (exact) mass is 499 g/mol. The Labute approximate surface area is 206 Å². The van der Waals surface area contributed by atoms with Crippen LogP contribution in [0.4, 0.5) is 13.9 Å². The number of hydrogen-bond acceptors (Lipinski definition) is 6. The third kappa shape index (κ3) is 3.79. The van der Waals surface area contributed by atoms with Crippen LogP contribution in [0.15, 0.2) is 88.3 Å². The molecule has 0 atom stereocenters. The molecule has 0 saturated carbocycles. The molecular formula is C27H15F2N3O3S. The van der Waals surface area contributed by atoms with E-state index in [0.29, 0.717) is 16.5 Å². The molecule has 9 heteroatoms. The van der Waals surface area contributed by atoms with E-state index in [9.17, 15) is 18.4 Å². The molecule has 0 aliphatic rings. The van der Waals surface area contributed by atoms with E-state index in [0.717, 1.165) is 34.2 Å². The first-order valence-corrected chi connectivity index (χ1v) is 11.7. The number of halogens is 2. The van der Waals surface area contributed by atoms with Crippen molar-refractivity contribution in [3.05, 3.63) is 112 Å². The van der Waals surface area contributed by atoms with E-state index in [1.165, 1.54) is 11.0 Å². The number of fused-ring (bicyclic) bond motifs is 4. The molecule has 0 aliphatic carbocycles. The van der Waals surface area contributed by atoms with Gasteiger partial charge in [0, 0.05) is 23.8 Å². The number of anilines is 1. The molecule has 1 amide bonds. The summed E-state index contributed by atoms with van der Waals surface area (Å²) in [5, 5.41) is 2.47. The van der Waals surface area contributed by atoms with E-state index in [2.05, 4.69) is 9.97 Å². The Kier molecular flexibility index (Phi) is 5.26. The summed E-state index contributed by atoms with van der Waals surface area (Å²) in [5.41, 5.74) is -0.0538. The first-order chi connectivity index (χ1) is 17.5. The second-order valence-electron chi connectivity index (χ2n) is 8.13. The third-order valence-corrected chi connectivity index (χ3v) is 6.84. The maximum atomic E-state index is 14.4. The van der Waals surface area contributed by atoms with E-state index in [1.807, 2.05) is 30.3 Å². The van der Waals surface area contributed by atoms with E-state index >= 15 is 0 Å². The molecule has 6 aromatic rings. The summed E-state index contributed by atoms with van der Waals surface area (Å²) in [6.07, 6.45) is 3.17. The van der Waals surface area contributed by atoms with Crippen molar-refractivity contribution in [1.29, 1.82) is 0 Å². The van der Waals surface area contributed by atoms with Crippen molar-refractivity contribution < 1.29 is 18.0 Å². The Balaban J connectivity index is 1.53. The van der Waals surface area contributed by atoms with Crippen LogP contribution in [0.25, 0.3) is 32.0 Å². The number of rotatable bonds is 4. The maximum absolute atomic E-state index is 14.4. The summed E-state index contributed by atoms with van der Waals surface area (Å²) in [4.78, 5) is 36.3. The lowest BCUT2D eigenvalue weighted by Crippen LogP contribution is -2.33. The molecule has 6 rings (SSSR count). The Bertz CT molecular complexity index is 1850. The number of benzene rings is 3. The number of thiazole rings is 1. The molecule has 0 aliphatic heterocycles. The highest BCUT2D eigenvalue weighted by Gasteiger charge is 2.26. The van der Waals surface area contributed by atoms with Crippen LogP contribution in [0.5, 0.6) is 0 Å². The highest BCUT2D eigenvalue weighted by Crippen LogP contribution is 2.33. The number of pyridine rings is 1. The zero-order valence-corrected chi connectivity index (χ0v) is 19.3. The zero-order chi connectivity index (χ0) is 24.8. The molecule has 0 radical (unpaired) electrons. The number of amides is 1. The smallest absolute Gasteiger partial charge is 0.349 e. The fourth-order valence-electron chi connectivity index (χ4n) is 4.13. The molecule has 36 heavy (non-hydrogen) atoms. The van der Waals surface area contributed by atoms with Gasteiger partial charge in [-0.05, 0) is 40.6 Å².